The van der Waals surface area contributed by atoms with E-state index in [1.54, 1.807) is 10.9 Å². The van der Waals surface area contributed by atoms with E-state index < -0.39 is 0 Å². The highest BCUT2D eigenvalue weighted by Crippen LogP contribution is 2.26. The average Bonchev–Trinajstić information content (AvgIpc) is 2.82. The van der Waals surface area contributed by atoms with Crippen molar-refractivity contribution in [3.8, 4) is 0 Å². The number of pyridine rings is 1. The molecule has 6 nitrogen and oxygen atoms in total. The molecule has 1 aromatic carbocycles. The summed E-state index contributed by atoms with van der Waals surface area (Å²) in [6, 6.07) is 5.60. The maximum absolute atomic E-state index is 11.8. The first-order valence-electron chi connectivity index (χ1n) is 6.58. The molecule has 0 aliphatic rings. The van der Waals surface area contributed by atoms with E-state index in [9.17, 15) is 4.79 Å². The number of fused-ring (bicyclic) bond motifs is 1. The molecule has 2 aromatic heterocycles. The number of anilines is 2. The summed E-state index contributed by atoms with van der Waals surface area (Å²) in [6.07, 6.45) is 1.66. The van der Waals surface area contributed by atoms with E-state index in [0.717, 1.165) is 16.6 Å². The number of nitrogens with one attached hydrogen (secondary N) is 2. The lowest BCUT2D eigenvalue weighted by Gasteiger charge is -2.11. The van der Waals surface area contributed by atoms with E-state index in [1.165, 1.54) is 0 Å². The molecule has 0 aliphatic carbocycles. The van der Waals surface area contributed by atoms with Gasteiger partial charge >= 0.3 is 0 Å². The normalized spacial score (nSPS) is 11.0. The number of hydrogen-bond donors (Lipinski definition) is 2. The fourth-order valence-corrected chi connectivity index (χ4v) is 2.66. The van der Waals surface area contributed by atoms with E-state index in [0.29, 0.717) is 22.6 Å². The third-order valence-electron chi connectivity index (χ3n) is 3.42. The summed E-state index contributed by atoms with van der Waals surface area (Å²) in [5.74, 6) is 0.664. The number of aryl methyl sites for hydroxylation is 2. The van der Waals surface area contributed by atoms with Crippen molar-refractivity contribution >= 4 is 38.3 Å². The minimum Gasteiger partial charge on any atom is -0.329 e. The van der Waals surface area contributed by atoms with Crippen molar-refractivity contribution in [2.24, 2.45) is 0 Å². The van der Waals surface area contributed by atoms with Crippen LogP contribution in [0.5, 0.6) is 0 Å². The molecule has 0 amide bonds. The molecule has 0 saturated heterocycles. The fraction of sp³-hybridized carbons (Fsp3) is 0.214. The van der Waals surface area contributed by atoms with Crippen molar-refractivity contribution in [2.75, 3.05) is 5.32 Å². The molecule has 0 radical (unpaired) electrons. The van der Waals surface area contributed by atoms with Gasteiger partial charge < -0.3 is 10.3 Å². The molecule has 0 aliphatic heterocycles. The quantitative estimate of drug-likeness (QED) is 0.763. The van der Waals surface area contributed by atoms with Gasteiger partial charge in [-0.05, 0) is 58.9 Å². The van der Waals surface area contributed by atoms with E-state index in [1.807, 2.05) is 32.0 Å². The van der Waals surface area contributed by atoms with Gasteiger partial charge in [-0.25, -0.2) is 4.68 Å². The van der Waals surface area contributed by atoms with Crippen LogP contribution in [0.4, 0.5) is 11.6 Å². The Balaban J connectivity index is 2.09. The van der Waals surface area contributed by atoms with Crippen LogP contribution in [0.2, 0.25) is 0 Å². The predicted octanol–water partition coefficient (Wildman–Crippen LogP) is 2.95. The van der Waals surface area contributed by atoms with Crippen molar-refractivity contribution in [1.82, 2.24) is 19.7 Å². The Labute approximate surface area is 129 Å². The number of rotatable bonds is 3. The van der Waals surface area contributed by atoms with E-state index in [4.69, 9.17) is 0 Å². The number of nitrogens with zero attached hydrogens (tertiary/aromatic N) is 3. The molecule has 7 heteroatoms. The molecule has 0 atom stereocenters. The summed E-state index contributed by atoms with van der Waals surface area (Å²) in [4.78, 5) is 18.8. The molecular weight excluding hydrogens is 334 g/mol. The summed E-state index contributed by atoms with van der Waals surface area (Å²) in [5.41, 5.74) is 1.82. The summed E-state index contributed by atoms with van der Waals surface area (Å²) >= 11 is 3.28. The van der Waals surface area contributed by atoms with Crippen LogP contribution in [0.1, 0.15) is 12.5 Å². The summed E-state index contributed by atoms with van der Waals surface area (Å²) in [6.45, 7) is 4.69. The standard InChI is InChI=1S/C14H14BrN5O/c1-3-20-14(18-13(15)19-20)17-11-5-4-10-9(8(11)2)6-7-16-12(10)21/h4-7H,3H2,1-2H3,(H,16,21)(H,17,18,19). The summed E-state index contributed by atoms with van der Waals surface area (Å²) in [7, 11) is 0. The minimum absolute atomic E-state index is 0.0818. The van der Waals surface area contributed by atoms with Crippen LogP contribution in [0.25, 0.3) is 10.8 Å². The van der Waals surface area contributed by atoms with Crippen LogP contribution in [-0.4, -0.2) is 19.7 Å². The van der Waals surface area contributed by atoms with Crippen LogP contribution in [0, 0.1) is 6.92 Å². The Morgan fingerprint density at radius 1 is 1.33 bits per heavy atom. The lowest BCUT2D eigenvalue weighted by Crippen LogP contribution is -2.07. The highest BCUT2D eigenvalue weighted by molar-refractivity contribution is 9.10. The predicted molar refractivity (Wildman–Crippen MR) is 86.0 cm³/mol. The van der Waals surface area contributed by atoms with Crippen LogP contribution in [0.15, 0.2) is 33.9 Å². The highest BCUT2D eigenvalue weighted by Gasteiger charge is 2.10. The van der Waals surface area contributed by atoms with Gasteiger partial charge in [0.1, 0.15) is 0 Å². The minimum atomic E-state index is -0.0818. The largest absolute Gasteiger partial charge is 0.329 e. The Morgan fingerprint density at radius 2 is 2.14 bits per heavy atom. The zero-order valence-electron chi connectivity index (χ0n) is 11.6. The Bertz CT molecular complexity index is 867. The first kappa shape index (κ1) is 13.8. The molecule has 2 N–H and O–H groups in total. The Kier molecular flexibility index (Phi) is 3.50. The molecule has 2 heterocycles. The van der Waals surface area contributed by atoms with Gasteiger partial charge in [0.15, 0.2) is 0 Å². The van der Waals surface area contributed by atoms with Crippen LogP contribution in [-0.2, 0) is 6.54 Å². The van der Waals surface area contributed by atoms with Crippen molar-refractivity contribution < 1.29 is 0 Å². The molecule has 0 unspecified atom stereocenters. The number of H-pyrrole nitrogens is 1. The molecule has 0 bridgehead atoms. The molecule has 0 fully saturated rings. The molecule has 0 spiro atoms. The topological polar surface area (TPSA) is 75.6 Å². The van der Waals surface area contributed by atoms with Gasteiger partial charge in [-0.2, -0.15) is 4.98 Å². The summed E-state index contributed by atoms with van der Waals surface area (Å²) in [5, 5.41) is 9.11. The maximum Gasteiger partial charge on any atom is 0.255 e. The number of aromatic nitrogens is 4. The SMILES string of the molecule is CCn1nc(Br)nc1Nc1ccc2c(=O)[nH]ccc2c1C. The molecule has 0 saturated carbocycles. The second-order valence-electron chi connectivity index (χ2n) is 4.65. The number of benzene rings is 1. The lowest BCUT2D eigenvalue weighted by atomic mass is 10.1. The van der Waals surface area contributed by atoms with E-state index in [-0.39, 0.29) is 5.56 Å². The van der Waals surface area contributed by atoms with Crippen molar-refractivity contribution in [2.45, 2.75) is 20.4 Å². The second kappa shape index (κ2) is 5.33. The van der Waals surface area contributed by atoms with Crippen LogP contribution < -0.4 is 10.9 Å². The zero-order valence-corrected chi connectivity index (χ0v) is 13.2. The van der Waals surface area contributed by atoms with Gasteiger partial charge in [0.05, 0.1) is 0 Å². The fourth-order valence-electron chi connectivity index (χ4n) is 2.30. The van der Waals surface area contributed by atoms with Crippen LogP contribution in [0.3, 0.4) is 0 Å². The summed E-state index contributed by atoms with van der Waals surface area (Å²) < 4.78 is 2.31. The molecule has 21 heavy (non-hydrogen) atoms. The smallest absolute Gasteiger partial charge is 0.255 e. The molecule has 3 aromatic rings. The van der Waals surface area contributed by atoms with E-state index in [2.05, 4.69) is 36.3 Å². The highest BCUT2D eigenvalue weighted by atomic mass is 79.9. The van der Waals surface area contributed by atoms with Crippen LogP contribution >= 0.6 is 15.9 Å². The average molecular weight is 348 g/mol. The van der Waals surface area contributed by atoms with Gasteiger partial charge in [-0.1, -0.05) is 0 Å². The van der Waals surface area contributed by atoms with Gasteiger partial charge in [-0.15, -0.1) is 5.10 Å². The van der Waals surface area contributed by atoms with Gasteiger partial charge in [0.2, 0.25) is 10.7 Å². The second-order valence-corrected chi connectivity index (χ2v) is 5.36. The third kappa shape index (κ3) is 2.44. The lowest BCUT2D eigenvalue weighted by molar-refractivity contribution is 0.663. The number of aromatic amines is 1. The molecule has 108 valence electrons. The Morgan fingerprint density at radius 3 is 2.90 bits per heavy atom. The monoisotopic (exact) mass is 347 g/mol. The van der Waals surface area contributed by atoms with Gasteiger partial charge in [-0.3, -0.25) is 4.79 Å². The Hall–Kier alpha value is -2.15. The molecule has 3 rings (SSSR count). The number of hydrogen-bond acceptors (Lipinski definition) is 4. The first-order chi connectivity index (χ1) is 10.1. The third-order valence-corrected chi connectivity index (χ3v) is 3.75. The zero-order chi connectivity index (χ0) is 15.0. The van der Waals surface area contributed by atoms with Gasteiger partial charge in [0.25, 0.3) is 5.56 Å². The maximum atomic E-state index is 11.8. The number of halogens is 1. The van der Waals surface area contributed by atoms with E-state index >= 15 is 0 Å². The molecular formula is C14H14BrN5O. The van der Waals surface area contributed by atoms with Crippen molar-refractivity contribution in [3.63, 3.8) is 0 Å². The van der Waals surface area contributed by atoms with Crippen molar-refractivity contribution in [1.29, 1.82) is 0 Å². The first-order valence-corrected chi connectivity index (χ1v) is 7.38. The van der Waals surface area contributed by atoms with Crippen molar-refractivity contribution in [3.05, 3.63) is 45.0 Å². The van der Waals surface area contributed by atoms with Gasteiger partial charge in [0, 0.05) is 23.8 Å².